The van der Waals surface area contributed by atoms with Crippen LogP contribution in [0.5, 0.6) is 0 Å². The number of aromatic carboxylic acids is 1. The van der Waals surface area contributed by atoms with Gasteiger partial charge in [0.2, 0.25) is 0 Å². The van der Waals surface area contributed by atoms with E-state index in [1.54, 1.807) is 6.07 Å². The summed E-state index contributed by atoms with van der Waals surface area (Å²) in [7, 11) is 0. The van der Waals surface area contributed by atoms with Gasteiger partial charge < -0.3 is 10.4 Å². The van der Waals surface area contributed by atoms with Crippen LogP contribution in [0.2, 0.25) is 0 Å². The molecule has 0 spiro atoms. The van der Waals surface area contributed by atoms with Gasteiger partial charge in [0, 0.05) is 22.7 Å². The average Bonchev–Trinajstić information content (AvgIpc) is 2.97. The maximum absolute atomic E-state index is 10.8. The van der Waals surface area contributed by atoms with Crippen LogP contribution in [-0.2, 0) is 6.54 Å². The van der Waals surface area contributed by atoms with E-state index in [4.69, 9.17) is 5.11 Å². The summed E-state index contributed by atoms with van der Waals surface area (Å²) in [5.41, 5.74) is 1.12. The maximum atomic E-state index is 10.8. The number of carboxylic acids is 1. The Balaban J connectivity index is 1.88. The number of hydrogen-bond donors (Lipinski definition) is 2. The van der Waals surface area contributed by atoms with E-state index in [0.717, 1.165) is 23.5 Å². The summed E-state index contributed by atoms with van der Waals surface area (Å²) in [6, 6.07) is 1.79. The molecule has 17 heavy (non-hydrogen) atoms. The maximum Gasteiger partial charge on any atom is 0.345 e. The van der Waals surface area contributed by atoms with Crippen molar-refractivity contribution >= 4 is 29.1 Å². The van der Waals surface area contributed by atoms with E-state index in [1.807, 2.05) is 18.7 Å². The first-order valence-electron chi connectivity index (χ1n) is 5.65. The molecule has 0 radical (unpaired) electrons. The molecular formula is C12H17NO2S2. The first-order chi connectivity index (χ1) is 8.06. The monoisotopic (exact) mass is 271 g/mol. The first kappa shape index (κ1) is 12.9. The minimum Gasteiger partial charge on any atom is -0.477 e. The Kier molecular flexibility index (Phi) is 3.80. The van der Waals surface area contributed by atoms with Crippen molar-refractivity contribution in [2.75, 3.05) is 12.8 Å². The molecule has 1 aromatic rings. The Morgan fingerprint density at radius 3 is 2.82 bits per heavy atom. The van der Waals surface area contributed by atoms with Crippen molar-refractivity contribution in [3.63, 3.8) is 0 Å². The SMILES string of the molecule is CSC1(CNCc2cc(C(=O)O)sc2C)CC1. The molecule has 94 valence electrons. The molecular weight excluding hydrogens is 254 g/mol. The van der Waals surface area contributed by atoms with Gasteiger partial charge in [-0.15, -0.1) is 11.3 Å². The molecule has 2 rings (SSSR count). The van der Waals surface area contributed by atoms with Gasteiger partial charge in [-0.25, -0.2) is 4.79 Å². The molecule has 1 aromatic heterocycles. The number of rotatable bonds is 6. The lowest BCUT2D eigenvalue weighted by atomic mass is 10.2. The van der Waals surface area contributed by atoms with Crippen LogP contribution < -0.4 is 5.32 Å². The van der Waals surface area contributed by atoms with Crippen LogP contribution in [0.1, 0.15) is 33.0 Å². The molecule has 1 saturated carbocycles. The summed E-state index contributed by atoms with van der Waals surface area (Å²) < 4.78 is 0.458. The number of hydrogen-bond acceptors (Lipinski definition) is 4. The molecule has 0 atom stereocenters. The summed E-state index contributed by atoms with van der Waals surface area (Å²) in [6.07, 6.45) is 4.75. The number of thioether (sulfide) groups is 1. The predicted molar refractivity (Wildman–Crippen MR) is 73.2 cm³/mol. The quantitative estimate of drug-likeness (QED) is 0.835. The molecule has 0 aromatic carbocycles. The van der Waals surface area contributed by atoms with Gasteiger partial charge in [0.1, 0.15) is 4.88 Å². The van der Waals surface area contributed by atoms with Gasteiger partial charge >= 0.3 is 5.97 Å². The Morgan fingerprint density at radius 2 is 2.35 bits per heavy atom. The fraction of sp³-hybridized carbons (Fsp3) is 0.583. The standard InChI is InChI=1S/C12H17NO2S2/c1-8-9(5-10(17-8)11(14)15)6-13-7-12(16-2)3-4-12/h5,13H,3-4,6-7H2,1-2H3,(H,14,15). The number of aryl methyl sites for hydroxylation is 1. The molecule has 0 aliphatic heterocycles. The van der Waals surface area contributed by atoms with Gasteiger partial charge in [-0.2, -0.15) is 11.8 Å². The summed E-state index contributed by atoms with van der Waals surface area (Å²) >= 11 is 3.29. The summed E-state index contributed by atoms with van der Waals surface area (Å²) in [4.78, 5) is 12.4. The minimum absolute atomic E-state index is 0.435. The number of carbonyl (C=O) groups is 1. The molecule has 0 unspecified atom stereocenters. The van der Waals surface area contributed by atoms with Gasteiger partial charge in [0.25, 0.3) is 0 Å². The topological polar surface area (TPSA) is 49.3 Å². The Labute approximate surface area is 110 Å². The van der Waals surface area contributed by atoms with E-state index in [9.17, 15) is 4.79 Å². The second kappa shape index (κ2) is 5.00. The van der Waals surface area contributed by atoms with Crippen molar-refractivity contribution in [2.24, 2.45) is 0 Å². The van der Waals surface area contributed by atoms with Crippen molar-refractivity contribution in [3.8, 4) is 0 Å². The predicted octanol–water partition coefficient (Wildman–Crippen LogP) is 2.74. The number of nitrogens with one attached hydrogen (secondary N) is 1. The molecule has 0 bridgehead atoms. The van der Waals surface area contributed by atoms with E-state index in [1.165, 1.54) is 24.2 Å². The fourth-order valence-electron chi connectivity index (χ4n) is 1.82. The van der Waals surface area contributed by atoms with E-state index < -0.39 is 5.97 Å². The van der Waals surface area contributed by atoms with Crippen LogP contribution >= 0.6 is 23.1 Å². The lowest BCUT2D eigenvalue weighted by molar-refractivity contribution is 0.0702. The zero-order chi connectivity index (χ0) is 12.5. The first-order valence-corrected chi connectivity index (χ1v) is 7.69. The lowest BCUT2D eigenvalue weighted by Gasteiger charge is -2.12. The second-order valence-electron chi connectivity index (χ2n) is 4.49. The van der Waals surface area contributed by atoms with E-state index in [0.29, 0.717) is 9.62 Å². The van der Waals surface area contributed by atoms with Crippen molar-refractivity contribution < 1.29 is 9.90 Å². The van der Waals surface area contributed by atoms with Crippen molar-refractivity contribution in [2.45, 2.75) is 31.1 Å². The Bertz CT molecular complexity index is 424. The minimum atomic E-state index is -0.827. The van der Waals surface area contributed by atoms with E-state index in [-0.39, 0.29) is 0 Å². The molecule has 5 heteroatoms. The normalized spacial score (nSPS) is 17.1. The third-order valence-electron chi connectivity index (χ3n) is 3.23. The van der Waals surface area contributed by atoms with Crippen LogP contribution in [0, 0.1) is 6.92 Å². The highest BCUT2D eigenvalue weighted by molar-refractivity contribution is 8.00. The van der Waals surface area contributed by atoms with Crippen LogP contribution in [0.3, 0.4) is 0 Å². The molecule has 2 N–H and O–H groups in total. The van der Waals surface area contributed by atoms with Gasteiger partial charge in [-0.3, -0.25) is 0 Å². The second-order valence-corrected chi connectivity index (χ2v) is 7.02. The lowest BCUT2D eigenvalue weighted by Crippen LogP contribution is -2.25. The molecule has 3 nitrogen and oxygen atoms in total. The highest BCUT2D eigenvalue weighted by Gasteiger charge is 2.41. The zero-order valence-electron chi connectivity index (χ0n) is 10.1. The molecule has 0 amide bonds. The number of thiophene rings is 1. The van der Waals surface area contributed by atoms with Gasteiger partial charge in [0.05, 0.1) is 0 Å². The highest BCUT2D eigenvalue weighted by atomic mass is 32.2. The highest BCUT2D eigenvalue weighted by Crippen LogP contribution is 2.46. The number of carboxylic acid groups (broad SMARTS) is 1. The third kappa shape index (κ3) is 3.03. The fourth-order valence-corrected chi connectivity index (χ4v) is 3.46. The largest absolute Gasteiger partial charge is 0.477 e. The molecule has 0 saturated heterocycles. The van der Waals surface area contributed by atoms with Crippen molar-refractivity contribution in [3.05, 3.63) is 21.4 Å². The van der Waals surface area contributed by atoms with Crippen molar-refractivity contribution in [1.29, 1.82) is 0 Å². The average molecular weight is 271 g/mol. The molecule has 1 aliphatic carbocycles. The van der Waals surface area contributed by atoms with E-state index in [2.05, 4.69) is 11.6 Å². The summed E-state index contributed by atoms with van der Waals surface area (Å²) in [5, 5.41) is 12.4. The van der Waals surface area contributed by atoms with E-state index >= 15 is 0 Å². The smallest absolute Gasteiger partial charge is 0.345 e. The van der Waals surface area contributed by atoms with Crippen LogP contribution in [-0.4, -0.2) is 28.6 Å². The Morgan fingerprint density at radius 1 is 1.65 bits per heavy atom. The molecule has 1 fully saturated rings. The van der Waals surface area contributed by atoms with Crippen LogP contribution in [0.15, 0.2) is 6.07 Å². The molecule has 1 heterocycles. The van der Waals surface area contributed by atoms with Crippen LogP contribution in [0.25, 0.3) is 0 Å². The summed E-state index contributed by atoms with van der Waals surface area (Å²) in [5.74, 6) is -0.827. The van der Waals surface area contributed by atoms with Gasteiger partial charge in [-0.05, 0) is 37.7 Å². The van der Waals surface area contributed by atoms with Crippen molar-refractivity contribution in [1.82, 2.24) is 5.32 Å². The van der Waals surface area contributed by atoms with Gasteiger partial charge in [-0.1, -0.05) is 0 Å². The molecule has 1 aliphatic rings. The van der Waals surface area contributed by atoms with Crippen LogP contribution in [0.4, 0.5) is 0 Å². The Hall–Kier alpha value is -0.520. The third-order valence-corrected chi connectivity index (χ3v) is 5.73. The van der Waals surface area contributed by atoms with Gasteiger partial charge in [0.15, 0.2) is 0 Å². The zero-order valence-corrected chi connectivity index (χ0v) is 11.7. The summed E-state index contributed by atoms with van der Waals surface area (Å²) in [6.45, 7) is 3.78.